The van der Waals surface area contributed by atoms with Crippen molar-refractivity contribution in [3.05, 3.63) is 24.2 Å². The van der Waals surface area contributed by atoms with Gasteiger partial charge in [-0.05, 0) is 27.0 Å². The van der Waals surface area contributed by atoms with Crippen LogP contribution in [0.1, 0.15) is 13.8 Å². The molecule has 0 aromatic rings. The lowest BCUT2D eigenvalue weighted by atomic mass is 10.9. The van der Waals surface area contributed by atoms with Crippen molar-refractivity contribution in [2.45, 2.75) is 13.8 Å². The predicted octanol–water partition coefficient (Wildman–Crippen LogP) is 4.51. The van der Waals surface area contributed by atoms with E-state index in [2.05, 4.69) is 13.2 Å². The molecule has 2 unspecified atom stereocenters. The highest BCUT2D eigenvalue weighted by Crippen LogP contribution is 2.57. The molecule has 0 bridgehead atoms. The van der Waals surface area contributed by atoms with E-state index < -0.39 is 23.0 Å². The molecule has 0 heterocycles. The summed E-state index contributed by atoms with van der Waals surface area (Å²) in [7, 11) is -9.25. The first kappa shape index (κ1) is 19.6. The first-order chi connectivity index (χ1) is 9.06. The highest BCUT2D eigenvalue weighted by Gasteiger charge is 2.37. The van der Waals surface area contributed by atoms with Gasteiger partial charge in [0.2, 0.25) is 11.0 Å². The van der Waals surface area contributed by atoms with Crippen molar-refractivity contribution in [1.29, 1.82) is 0 Å². The normalized spacial score (nSPS) is 17.5. The summed E-state index contributed by atoms with van der Waals surface area (Å²) in [5.41, 5.74) is -0.591. The van der Waals surface area contributed by atoms with Crippen molar-refractivity contribution >= 4 is 23.0 Å². The molecule has 0 aliphatic rings. The lowest BCUT2D eigenvalue weighted by Crippen LogP contribution is -1.95. The molecule has 0 aromatic heterocycles. The third-order valence-corrected chi connectivity index (χ3v) is 6.54. The Kier molecular flexibility index (Phi) is 7.93. The molecule has 0 spiro atoms. The van der Waals surface area contributed by atoms with Gasteiger partial charge in [-0.3, -0.25) is 9.13 Å². The second kappa shape index (κ2) is 8.11. The molecule has 2 atom stereocenters. The molecular formula is C10H20O7P3+. The molecule has 0 saturated carbocycles. The Balaban J connectivity index is 4.59. The van der Waals surface area contributed by atoms with Crippen LogP contribution in [0.3, 0.4) is 0 Å². The average molecular weight is 345 g/mol. The number of rotatable bonds is 10. The van der Waals surface area contributed by atoms with Crippen LogP contribution in [-0.4, -0.2) is 26.5 Å². The van der Waals surface area contributed by atoms with Gasteiger partial charge in [0.15, 0.2) is 0 Å². The largest absolute Gasteiger partial charge is 0.805 e. The first-order valence-electron chi connectivity index (χ1n) is 5.73. The van der Waals surface area contributed by atoms with Crippen LogP contribution >= 0.6 is 23.0 Å². The third kappa shape index (κ3) is 6.34. The van der Waals surface area contributed by atoms with Crippen molar-refractivity contribution in [2.24, 2.45) is 0 Å². The van der Waals surface area contributed by atoms with E-state index in [4.69, 9.17) is 18.1 Å². The number of hydrogen-bond acceptors (Lipinski definition) is 7. The Hall–Kier alpha value is -0.440. The maximum atomic E-state index is 11.9. The molecule has 0 rings (SSSR count). The second-order valence-electron chi connectivity index (χ2n) is 3.72. The van der Waals surface area contributed by atoms with E-state index in [9.17, 15) is 13.7 Å². The maximum Gasteiger partial charge on any atom is 0.805 e. The Morgan fingerprint density at radius 2 is 1.25 bits per heavy atom. The minimum Gasteiger partial charge on any atom is -0.324 e. The molecule has 0 aliphatic carbocycles. The summed E-state index contributed by atoms with van der Waals surface area (Å²) in [4.78, 5) is 0. The minimum absolute atomic E-state index is 0.189. The highest BCUT2D eigenvalue weighted by atomic mass is 31.2. The summed E-state index contributed by atoms with van der Waals surface area (Å²) in [6.07, 6.45) is 0. The fraction of sp³-hybridized carbons (Fsp3) is 0.600. The van der Waals surface area contributed by atoms with E-state index in [1.54, 1.807) is 13.8 Å². The van der Waals surface area contributed by atoms with Crippen molar-refractivity contribution in [3.63, 3.8) is 0 Å². The van der Waals surface area contributed by atoms with Gasteiger partial charge in [-0.2, -0.15) is 0 Å². The van der Waals surface area contributed by atoms with Crippen molar-refractivity contribution in [1.82, 2.24) is 0 Å². The molecule has 0 saturated heterocycles. The van der Waals surface area contributed by atoms with Crippen LogP contribution in [0.25, 0.3) is 0 Å². The van der Waals surface area contributed by atoms with Gasteiger partial charge in [0, 0.05) is 17.9 Å². The maximum absolute atomic E-state index is 11.9. The molecule has 7 nitrogen and oxygen atoms in total. The summed E-state index contributed by atoms with van der Waals surface area (Å²) in [6, 6.07) is 0. The van der Waals surface area contributed by atoms with E-state index >= 15 is 0 Å². The summed E-state index contributed by atoms with van der Waals surface area (Å²) in [5, 5.41) is 0. The van der Waals surface area contributed by atoms with Crippen LogP contribution in [0.15, 0.2) is 24.2 Å². The zero-order valence-corrected chi connectivity index (χ0v) is 14.7. The molecule has 0 N–H and O–H groups in total. The molecule has 116 valence electrons. The molecule has 0 aromatic carbocycles. The topological polar surface area (TPSA) is 88.1 Å². The van der Waals surface area contributed by atoms with Crippen molar-refractivity contribution in [3.8, 4) is 0 Å². The summed E-state index contributed by atoms with van der Waals surface area (Å²) < 4.78 is 54.9. The molecule has 10 heteroatoms. The van der Waals surface area contributed by atoms with Gasteiger partial charge in [0.25, 0.3) is 14.7 Å². The fourth-order valence-electron chi connectivity index (χ4n) is 0.976. The van der Waals surface area contributed by atoms with Gasteiger partial charge in [0.05, 0.1) is 13.2 Å². The Bertz CT molecular complexity index is 443. The van der Waals surface area contributed by atoms with Gasteiger partial charge in [-0.25, -0.2) is 9.05 Å². The van der Waals surface area contributed by atoms with Crippen LogP contribution in [0, 0.1) is 0 Å². The molecule has 0 amide bonds. The SMILES string of the molecule is C=C(O[P+](=O)OC(=C)P(C)(=O)OCC)P(C)(=O)OCC. The summed E-state index contributed by atoms with van der Waals surface area (Å²) >= 11 is 0. The van der Waals surface area contributed by atoms with Crippen molar-refractivity contribution < 1.29 is 31.8 Å². The third-order valence-electron chi connectivity index (χ3n) is 2.02. The minimum atomic E-state index is -3.24. The lowest BCUT2D eigenvalue weighted by Gasteiger charge is -2.11. The number of hydrogen-bond donors (Lipinski definition) is 0. The van der Waals surface area contributed by atoms with Gasteiger partial charge in [-0.15, -0.1) is 0 Å². The van der Waals surface area contributed by atoms with Crippen LogP contribution in [-0.2, 0) is 31.8 Å². The molecule has 20 heavy (non-hydrogen) atoms. The monoisotopic (exact) mass is 345 g/mol. The zero-order chi connectivity index (χ0) is 16.0. The summed E-state index contributed by atoms with van der Waals surface area (Å²) in [6.45, 7) is 13.0. The van der Waals surface area contributed by atoms with Gasteiger partial charge in [0.1, 0.15) is 0 Å². The smallest absolute Gasteiger partial charge is 0.324 e. The highest BCUT2D eigenvalue weighted by molar-refractivity contribution is 7.63. The standard InChI is InChI=1S/C10H20O7P3/c1-7-14-19(5,12)9(3)16-18(11)17-10(4)20(6,13)15-8-2/h3-4,7-8H2,1-2,5-6H3/q+1. The van der Waals surface area contributed by atoms with E-state index in [1.165, 1.54) is 13.3 Å². The van der Waals surface area contributed by atoms with E-state index in [-0.39, 0.29) is 24.2 Å². The molecular weight excluding hydrogens is 325 g/mol. The first-order valence-corrected chi connectivity index (χ1v) is 11.0. The Morgan fingerprint density at radius 3 is 1.50 bits per heavy atom. The van der Waals surface area contributed by atoms with Crippen LogP contribution in [0.4, 0.5) is 0 Å². The second-order valence-corrected chi connectivity index (χ2v) is 9.43. The van der Waals surface area contributed by atoms with Crippen LogP contribution in [0.5, 0.6) is 0 Å². The Morgan fingerprint density at radius 1 is 0.950 bits per heavy atom. The quantitative estimate of drug-likeness (QED) is 0.425. The zero-order valence-electron chi connectivity index (χ0n) is 12.0. The predicted molar refractivity (Wildman–Crippen MR) is 78.4 cm³/mol. The Labute approximate surface area is 120 Å². The van der Waals surface area contributed by atoms with Crippen LogP contribution < -0.4 is 0 Å². The molecule has 0 radical (unpaired) electrons. The van der Waals surface area contributed by atoms with Gasteiger partial charge in [-0.1, -0.05) is 0 Å². The van der Waals surface area contributed by atoms with E-state index in [1.807, 2.05) is 0 Å². The lowest BCUT2D eigenvalue weighted by molar-refractivity contribution is 0.295. The molecule has 0 aliphatic heterocycles. The van der Waals surface area contributed by atoms with Crippen molar-refractivity contribution in [2.75, 3.05) is 26.5 Å². The fourth-order valence-corrected chi connectivity index (χ4v) is 4.22. The van der Waals surface area contributed by atoms with Gasteiger partial charge >= 0.3 is 8.25 Å². The van der Waals surface area contributed by atoms with E-state index in [0.717, 1.165) is 0 Å². The summed E-state index contributed by atoms with van der Waals surface area (Å²) in [5.74, 6) is 0. The van der Waals surface area contributed by atoms with E-state index in [0.29, 0.717) is 0 Å². The van der Waals surface area contributed by atoms with Crippen LogP contribution in [0.2, 0.25) is 0 Å². The average Bonchev–Trinajstić information content (AvgIpc) is 2.28. The van der Waals surface area contributed by atoms with Gasteiger partial charge < -0.3 is 9.05 Å². The molecule has 0 fully saturated rings.